The molecule has 0 saturated carbocycles. The van der Waals surface area contributed by atoms with Crippen LogP contribution in [-0.2, 0) is 0 Å². The third kappa shape index (κ3) is 3.61. The Bertz CT molecular complexity index is 436. The number of ether oxygens (including phenoxy) is 1. The van der Waals surface area contributed by atoms with Gasteiger partial charge in [-0.2, -0.15) is 0 Å². The average molecular weight is 263 g/mol. The van der Waals surface area contributed by atoms with Gasteiger partial charge in [-0.25, -0.2) is 4.79 Å². The monoisotopic (exact) mass is 263 g/mol. The minimum atomic E-state index is -0.0480. The fourth-order valence-corrected chi connectivity index (χ4v) is 2.30. The Balaban J connectivity index is 1.96. The van der Waals surface area contributed by atoms with Crippen LogP contribution < -0.4 is 15.4 Å². The lowest BCUT2D eigenvalue weighted by molar-refractivity contribution is 0.187. The highest BCUT2D eigenvalue weighted by Crippen LogP contribution is 2.18. The van der Waals surface area contributed by atoms with Crippen LogP contribution in [-0.4, -0.2) is 44.2 Å². The van der Waals surface area contributed by atoms with E-state index in [1.807, 2.05) is 36.2 Å². The van der Waals surface area contributed by atoms with E-state index < -0.39 is 0 Å². The first-order chi connectivity index (χ1) is 9.22. The van der Waals surface area contributed by atoms with Crippen LogP contribution in [0.2, 0.25) is 0 Å². The van der Waals surface area contributed by atoms with Crippen LogP contribution in [0, 0.1) is 0 Å². The van der Waals surface area contributed by atoms with Crippen molar-refractivity contribution in [3.8, 4) is 5.75 Å². The van der Waals surface area contributed by atoms with E-state index in [9.17, 15) is 4.79 Å². The molecule has 2 amide bonds. The van der Waals surface area contributed by atoms with Crippen LogP contribution in [0.1, 0.15) is 12.8 Å². The van der Waals surface area contributed by atoms with Gasteiger partial charge in [0.05, 0.1) is 7.11 Å². The van der Waals surface area contributed by atoms with E-state index in [0.717, 1.165) is 37.4 Å². The molecule has 0 radical (unpaired) electrons. The zero-order valence-corrected chi connectivity index (χ0v) is 11.5. The van der Waals surface area contributed by atoms with Gasteiger partial charge in [-0.1, -0.05) is 6.07 Å². The van der Waals surface area contributed by atoms with Crippen LogP contribution in [0.15, 0.2) is 24.3 Å². The molecule has 1 aromatic carbocycles. The van der Waals surface area contributed by atoms with Gasteiger partial charge in [0.1, 0.15) is 5.75 Å². The quantitative estimate of drug-likeness (QED) is 0.876. The summed E-state index contributed by atoms with van der Waals surface area (Å²) in [5, 5.41) is 6.14. The second-order valence-electron chi connectivity index (χ2n) is 4.74. The third-order valence-corrected chi connectivity index (χ3v) is 3.44. The number of hydrogen-bond acceptors (Lipinski definition) is 3. The minimum Gasteiger partial charge on any atom is -0.497 e. The highest BCUT2D eigenvalue weighted by Gasteiger charge is 2.22. The largest absolute Gasteiger partial charge is 0.497 e. The summed E-state index contributed by atoms with van der Waals surface area (Å²) in [6.07, 6.45) is 2.16. The summed E-state index contributed by atoms with van der Waals surface area (Å²) in [4.78, 5) is 14.0. The summed E-state index contributed by atoms with van der Waals surface area (Å²) in [6.45, 7) is 1.57. The minimum absolute atomic E-state index is 0.0480. The predicted molar refractivity (Wildman–Crippen MR) is 75.7 cm³/mol. The molecule has 1 atom stereocenters. The number of methoxy groups -OCH3 is 1. The van der Waals surface area contributed by atoms with Crippen LogP contribution in [0.25, 0.3) is 0 Å². The molecule has 5 nitrogen and oxygen atoms in total. The van der Waals surface area contributed by atoms with Crippen molar-refractivity contribution >= 4 is 11.7 Å². The summed E-state index contributed by atoms with van der Waals surface area (Å²) in [5.41, 5.74) is 0.760. The van der Waals surface area contributed by atoms with Gasteiger partial charge < -0.3 is 20.3 Å². The van der Waals surface area contributed by atoms with E-state index in [1.165, 1.54) is 0 Å². The Morgan fingerprint density at radius 3 is 3.05 bits per heavy atom. The molecular formula is C14H21N3O2. The number of benzene rings is 1. The van der Waals surface area contributed by atoms with Gasteiger partial charge in [0.25, 0.3) is 0 Å². The van der Waals surface area contributed by atoms with Crippen molar-refractivity contribution in [2.24, 2.45) is 0 Å². The van der Waals surface area contributed by atoms with Crippen molar-refractivity contribution in [1.82, 2.24) is 10.2 Å². The summed E-state index contributed by atoms with van der Waals surface area (Å²) in [6, 6.07) is 7.74. The highest BCUT2D eigenvalue weighted by molar-refractivity contribution is 5.89. The molecule has 104 valence electrons. The molecule has 1 aliphatic heterocycles. The van der Waals surface area contributed by atoms with Crippen molar-refractivity contribution in [3.05, 3.63) is 24.3 Å². The number of urea groups is 1. The molecule has 2 N–H and O–H groups in total. The third-order valence-electron chi connectivity index (χ3n) is 3.44. The number of carbonyl (C=O) groups is 1. The molecule has 19 heavy (non-hydrogen) atoms. The molecule has 1 aliphatic rings. The van der Waals surface area contributed by atoms with Gasteiger partial charge in [-0.15, -0.1) is 0 Å². The fourth-order valence-electron chi connectivity index (χ4n) is 2.30. The van der Waals surface area contributed by atoms with Gasteiger partial charge >= 0.3 is 6.03 Å². The van der Waals surface area contributed by atoms with E-state index in [2.05, 4.69) is 10.6 Å². The van der Waals surface area contributed by atoms with Crippen molar-refractivity contribution in [3.63, 3.8) is 0 Å². The number of rotatable bonds is 3. The number of anilines is 1. The highest BCUT2D eigenvalue weighted by atomic mass is 16.5. The molecule has 1 saturated heterocycles. The predicted octanol–water partition coefficient (Wildman–Crippen LogP) is 1.91. The first kappa shape index (κ1) is 13.7. The molecule has 1 aromatic rings. The smallest absolute Gasteiger partial charge is 0.321 e. The van der Waals surface area contributed by atoms with E-state index in [4.69, 9.17) is 4.74 Å². The van der Waals surface area contributed by atoms with Crippen molar-refractivity contribution in [1.29, 1.82) is 0 Å². The van der Waals surface area contributed by atoms with E-state index in [-0.39, 0.29) is 6.03 Å². The Morgan fingerprint density at radius 1 is 1.47 bits per heavy atom. The number of nitrogens with one attached hydrogen (secondary N) is 2. The molecule has 0 aromatic heterocycles. The van der Waals surface area contributed by atoms with Crippen molar-refractivity contribution < 1.29 is 9.53 Å². The average Bonchev–Trinajstić information content (AvgIpc) is 2.47. The van der Waals surface area contributed by atoms with E-state index in [1.54, 1.807) is 7.11 Å². The number of hydrogen-bond donors (Lipinski definition) is 2. The maximum atomic E-state index is 12.2. The second-order valence-corrected chi connectivity index (χ2v) is 4.74. The number of likely N-dealkylation sites (N-methyl/N-ethyl adjacent to an activating group) is 1. The van der Waals surface area contributed by atoms with Crippen LogP contribution in [0.3, 0.4) is 0 Å². The lowest BCUT2D eigenvalue weighted by atomic mass is 10.1. The molecule has 2 rings (SSSR count). The number of carbonyl (C=O) groups excluding carboxylic acids is 1. The van der Waals surface area contributed by atoms with Crippen molar-refractivity contribution in [2.45, 2.75) is 18.9 Å². The first-order valence-corrected chi connectivity index (χ1v) is 6.60. The molecule has 0 spiro atoms. The van der Waals surface area contributed by atoms with Gasteiger partial charge in [-0.3, -0.25) is 0 Å². The van der Waals surface area contributed by atoms with Crippen LogP contribution >= 0.6 is 0 Å². The van der Waals surface area contributed by atoms with Crippen molar-refractivity contribution in [2.75, 3.05) is 32.6 Å². The molecule has 0 unspecified atom stereocenters. The summed E-state index contributed by atoms with van der Waals surface area (Å²) in [7, 11) is 3.55. The number of piperidine rings is 1. The summed E-state index contributed by atoms with van der Waals surface area (Å²) in [5.74, 6) is 0.740. The second kappa shape index (κ2) is 6.43. The SMILES string of the molecule is CN[C@H]1CCCN(C(=O)Nc2cccc(OC)c2)C1. The van der Waals surface area contributed by atoms with E-state index >= 15 is 0 Å². The number of nitrogens with zero attached hydrogens (tertiary/aromatic N) is 1. The zero-order valence-electron chi connectivity index (χ0n) is 11.5. The van der Waals surface area contributed by atoms with Gasteiger partial charge in [-0.05, 0) is 32.0 Å². The first-order valence-electron chi connectivity index (χ1n) is 6.60. The lowest BCUT2D eigenvalue weighted by Gasteiger charge is -2.32. The summed E-state index contributed by atoms with van der Waals surface area (Å²) >= 11 is 0. The molecule has 1 fully saturated rings. The topological polar surface area (TPSA) is 53.6 Å². The normalized spacial score (nSPS) is 19.1. The van der Waals surface area contributed by atoms with Crippen LogP contribution in [0.5, 0.6) is 5.75 Å². The molecule has 0 aliphatic carbocycles. The Hall–Kier alpha value is -1.75. The number of amides is 2. The maximum absolute atomic E-state index is 12.2. The molecule has 1 heterocycles. The van der Waals surface area contributed by atoms with Gasteiger partial charge in [0.2, 0.25) is 0 Å². The Morgan fingerprint density at radius 2 is 2.32 bits per heavy atom. The molecular weight excluding hydrogens is 242 g/mol. The van der Waals surface area contributed by atoms with Crippen LogP contribution in [0.4, 0.5) is 10.5 Å². The Labute approximate surface area is 113 Å². The van der Waals surface area contributed by atoms with Gasteiger partial charge in [0.15, 0.2) is 0 Å². The molecule has 0 bridgehead atoms. The standard InChI is InChI=1S/C14H21N3O2/c1-15-12-6-4-8-17(10-12)14(18)16-11-5-3-7-13(9-11)19-2/h3,5,7,9,12,15H,4,6,8,10H2,1-2H3,(H,16,18)/t12-/m0/s1. The summed E-state index contributed by atoms with van der Waals surface area (Å²) < 4.78 is 5.14. The maximum Gasteiger partial charge on any atom is 0.321 e. The Kier molecular flexibility index (Phi) is 4.63. The lowest BCUT2D eigenvalue weighted by Crippen LogP contribution is -2.48. The number of likely N-dealkylation sites (tertiary alicyclic amines) is 1. The molecule has 5 heteroatoms. The van der Waals surface area contributed by atoms with Gasteiger partial charge in [0, 0.05) is 30.9 Å². The van der Waals surface area contributed by atoms with E-state index in [0.29, 0.717) is 6.04 Å². The fraction of sp³-hybridized carbons (Fsp3) is 0.500. The zero-order chi connectivity index (χ0) is 13.7.